The van der Waals surface area contributed by atoms with Gasteiger partial charge in [-0.3, -0.25) is 19.5 Å². The smallest absolute Gasteiger partial charge is 0.227 e. The van der Waals surface area contributed by atoms with Gasteiger partial charge in [0.15, 0.2) is 0 Å². The van der Waals surface area contributed by atoms with E-state index in [0.29, 0.717) is 26.1 Å². The highest BCUT2D eigenvalue weighted by atomic mass is 35.5. The van der Waals surface area contributed by atoms with Gasteiger partial charge in [0.05, 0.1) is 6.42 Å². The van der Waals surface area contributed by atoms with E-state index in [2.05, 4.69) is 9.88 Å². The first-order chi connectivity index (χ1) is 19.4. The number of nitrogens with zero attached hydrogens (tertiary/aromatic N) is 4. The van der Waals surface area contributed by atoms with E-state index in [4.69, 9.17) is 11.6 Å². The van der Waals surface area contributed by atoms with Crippen LogP contribution < -0.4 is 4.90 Å². The van der Waals surface area contributed by atoms with Crippen molar-refractivity contribution in [2.75, 3.05) is 18.0 Å². The van der Waals surface area contributed by atoms with Gasteiger partial charge in [-0.1, -0.05) is 49.2 Å². The molecule has 2 unspecified atom stereocenters. The highest BCUT2D eigenvalue weighted by Crippen LogP contribution is 2.32. The average Bonchev–Trinajstić information content (AvgIpc) is 2.97. The van der Waals surface area contributed by atoms with Crippen molar-refractivity contribution in [1.29, 1.82) is 0 Å². The van der Waals surface area contributed by atoms with Crippen molar-refractivity contribution in [3.63, 3.8) is 0 Å². The van der Waals surface area contributed by atoms with Gasteiger partial charge in [-0.25, -0.2) is 4.39 Å². The van der Waals surface area contributed by atoms with E-state index in [1.165, 1.54) is 11.6 Å². The zero-order valence-corrected chi connectivity index (χ0v) is 23.7. The van der Waals surface area contributed by atoms with Crippen molar-refractivity contribution in [2.24, 2.45) is 0 Å². The number of fused-ring (bicyclic) bond motifs is 3. The summed E-state index contributed by atoms with van der Waals surface area (Å²) in [5, 5.41) is 0.253. The Kier molecular flexibility index (Phi) is 9.12. The van der Waals surface area contributed by atoms with Crippen LogP contribution in [0.3, 0.4) is 0 Å². The van der Waals surface area contributed by atoms with E-state index >= 15 is 0 Å². The maximum absolute atomic E-state index is 14.7. The van der Waals surface area contributed by atoms with Crippen LogP contribution in [0, 0.1) is 5.82 Å². The van der Waals surface area contributed by atoms with Gasteiger partial charge < -0.3 is 9.80 Å². The van der Waals surface area contributed by atoms with Crippen LogP contribution >= 0.6 is 11.6 Å². The molecule has 0 spiro atoms. The third-order valence-corrected chi connectivity index (χ3v) is 8.59. The molecule has 3 aromatic rings. The molecule has 1 fully saturated rings. The Balaban J connectivity index is 1.54. The van der Waals surface area contributed by atoms with Crippen LogP contribution in [-0.4, -0.2) is 51.8 Å². The van der Waals surface area contributed by atoms with Crippen LogP contribution in [0.1, 0.15) is 55.7 Å². The van der Waals surface area contributed by atoms with Crippen LogP contribution in [0.2, 0.25) is 5.02 Å². The fourth-order valence-corrected chi connectivity index (χ4v) is 6.35. The van der Waals surface area contributed by atoms with E-state index in [9.17, 15) is 14.0 Å². The SMILES string of the molecule is CCC(=O)N1CCC2CCCC(CN(C(=O)Cc3c(F)cccc3Cl)Cc3ccccc31)N2Cc1ccncc1. The van der Waals surface area contributed by atoms with Gasteiger partial charge in [-0.05, 0) is 60.7 Å². The molecular weight excluding hydrogens is 527 g/mol. The van der Waals surface area contributed by atoms with Gasteiger partial charge in [0.2, 0.25) is 11.8 Å². The van der Waals surface area contributed by atoms with Gasteiger partial charge in [0, 0.05) is 73.4 Å². The summed E-state index contributed by atoms with van der Waals surface area (Å²) in [6.07, 6.45) is 7.80. The van der Waals surface area contributed by atoms with Crippen molar-refractivity contribution in [3.8, 4) is 0 Å². The first-order valence-electron chi connectivity index (χ1n) is 14.2. The second-order valence-electron chi connectivity index (χ2n) is 10.7. The largest absolute Gasteiger partial charge is 0.336 e. The molecule has 0 saturated carbocycles. The molecule has 2 atom stereocenters. The predicted octanol–water partition coefficient (Wildman–Crippen LogP) is 6.02. The Hall–Kier alpha value is -3.29. The standard InChI is InChI=1S/C32H36ClFN4O2/c1-2-31(39)37-18-15-25-8-5-9-26(38(25)20-23-13-16-35-17-14-23)22-36(21-24-7-3-4-12-30(24)37)32(40)19-27-28(33)10-6-11-29(27)34/h3-4,6-7,10-14,16-17,25-26H,2,5,8-9,15,18-22H2,1H3. The Labute approximate surface area is 240 Å². The summed E-state index contributed by atoms with van der Waals surface area (Å²) in [7, 11) is 0. The number of anilines is 1. The fraction of sp³-hybridized carbons (Fsp3) is 0.406. The zero-order valence-electron chi connectivity index (χ0n) is 22.9. The van der Waals surface area contributed by atoms with Crippen molar-refractivity contribution in [3.05, 3.63) is 94.5 Å². The summed E-state index contributed by atoms with van der Waals surface area (Å²) in [5.41, 5.74) is 3.14. The Morgan fingerprint density at radius 2 is 1.75 bits per heavy atom. The van der Waals surface area contributed by atoms with Crippen molar-refractivity contribution < 1.29 is 14.0 Å². The molecule has 2 aliphatic rings. The summed E-state index contributed by atoms with van der Waals surface area (Å²) in [4.78, 5) is 37.6. The lowest BCUT2D eigenvalue weighted by atomic mass is 9.92. The van der Waals surface area contributed by atoms with E-state index in [0.717, 1.165) is 43.5 Å². The molecule has 1 saturated heterocycles. The second-order valence-corrected chi connectivity index (χ2v) is 11.1. The molecular formula is C32H36ClFN4O2. The average molecular weight is 563 g/mol. The van der Waals surface area contributed by atoms with E-state index in [1.54, 1.807) is 12.1 Å². The molecule has 5 rings (SSSR count). The number of hydrogen-bond donors (Lipinski definition) is 0. The van der Waals surface area contributed by atoms with E-state index < -0.39 is 5.82 Å². The summed E-state index contributed by atoms with van der Waals surface area (Å²) < 4.78 is 14.7. The number of pyridine rings is 1. The minimum Gasteiger partial charge on any atom is -0.336 e. The maximum Gasteiger partial charge on any atom is 0.227 e. The topological polar surface area (TPSA) is 56.8 Å². The number of carbonyl (C=O) groups is 2. The first-order valence-corrected chi connectivity index (χ1v) is 14.6. The number of para-hydroxylation sites is 1. The monoisotopic (exact) mass is 562 g/mol. The predicted molar refractivity (Wildman–Crippen MR) is 155 cm³/mol. The normalized spacial score (nSPS) is 20.0. The Bertz CT molecular complexity index is 1320. The van der Waals surface area contributed by atoms with E-state index in [1.807, 2.05) is 65.5 Å². The third-order valence-electron chi connectivity index (χ3n) is 8.23. The van der Waals surface area contributed by atoms with E-state index in [-0.39, 0.29) is 40.9 Å². The van der Waals surface area contributed by atoms with Gasteiger partial charge in [-0.15, -0.1) is 0 Å². The summed E-state index contributed by atoms with van der Waals surface area (Å²) in [5.74, 6) is -0.591. The minimum absolute atomic E-state index is 0.0655. The number of piperidine rings is 1. The maximum atomic E-state index is 14.7. The molecule has 0 radical (unpaired) electrons. The molecule has 1 aromatic heterocycles. The number of carbonyl (C=O) groups excluding carboxylic acids is 2. The molecule has 2 aliphatic heterocycles. The lowest BCUT2D eigenvalue weighted by Crippen LogP contribution is -2.52. The molecule has 6 nitrogen and oxygen atoms in total. The van der Waals surface area contributed by atoms with Crippen LogP contribution in [-0.2, 0) is 29.1 Å². The summed E-state index contributed by atoms with van der Waals surface area (Å²) in [6, 6.07) is 16.8. The van der Waals surface area contributed by atoms with Gasteiger partial charge in [-0.2, -0.15) is 0 Å². The number of halogens is 2. The van der Waals surface area contributed by atoms with Crippen LogP contribution in [0.25, 0.3) is 0 Å². The van der Waals surface area contributed by atoms with Gasteiger partial charge in [0.1, 0.15) is 5.82 Å². The molecule has 8 heteroatoms. The Morgan fingerprint density at radius 3 is 2.52 bits per heavy atom. The quantitative estimate of drug-likeness (QED) is 0.382. The van der Waals surface area contributed by atoms with Crippen LogP contribution in [0.5, 0.6) is 0 Å². The number of amides is 2. The van der Waals surface area contributed by atoms with Crippen molar-refractivity contribution in [2.45, 2.75) is 70.6 Å². The molecule has 210 valence electrons. The number of aromatic nitrogens is 1. The van der Waals surface area contributed by atoms with Crippen molar-refractivity contribution in [1.82, 2.24) is 14.8 Å². The van der Waals surface area contributed by atoms with Crippen molar-refractivity contribution >= 4 is 29.1 Å². The minimum atomic E-state index is -0.476. The number of benzene rings is 2. The van der Waals surface area contributed by atoms with Gasteiger partial charge >= 0.3 is 0 Å². The lowest BCUT2D eigenvalue weighted by molar-refractivity contribution is -0.132. The first kappa shape index (κ1) is 28.2. The molecule has 2 bridgehead atoms. The molecule has 2 amide bonds. The molecule has 40 heavy (non-hydrogen) atoms. The molecule has 0 aliphatic carbocycles. The molecule has 3 heterocycles. The van der Waals surface area contributed by atoms with Crippen LogP contribution in [0.4, 0.5) is 10.1 Å². The van der Waals surface area contributed by atoms with Gasteiger partial charge in [0.25, 0.3) is 0 Å². The number of rotatable bonds is 5. The zero-order chi connectivity index (χ0) is 28.1. The Morgan fingerprint density at radius 1 is 0.975 bits per heavy atom. The summed E-state index contributed by atoms with van der Waals surface area (Å²) in [6.45, 7) is 4.10. The lowest BCUT2D eigenvalue weighted by Gasteiger charge is -2.44. The summed E-state index contributed by atoms with van der Waals surface area (Å²) >= 11 is 6.32. The highest BCUT2D eigenvalue weighted by Gasteiger charge is 2.35. The van der Waals surface area contributed by atoms with Crippen LogP contribution in [0.15, 0.2) is 67.0 Å². The molecule has 0 N–H and O–H groups in total. The third kappa shape index (κ3) is 6.37. The second kappa shape index (κ2) is 12.9. The fourth-order valence-electron chi connectivity index (χ4n) is 6.12. The highest BCUT2D eigenvalue weighted by molar-refractivity contribution is 6.31. The number of hydrogen-bond acceptors (Lipinski definition) is 4. The molecule has 2 aromatic carbocycles.